The molecule has 0 heterocycles. The Morgan fingerprint density at radius 2 is 2.00 bits per heavy atom. The number of aliphatic hydroxyl groups is 2. The molecule has 19 heavy (non-hydrogen) atoms. The molecule has 0 aliphatic heterocycles. The summed E-state index contributed by atoms with van der Waals surface area (Å²) in [6.07, 6.45) is -0.825. The Balaban J connectivity index is 2.82. The van der Waals surface area contributed by atoms with E-state index < -0.39 is 6.10 Å². The Kier molecular flexibility index (Phi) is 5.79. The van der Waals surface area contributed by atoms with Crippen LogP contribution < -0.4 is 10.6 Å². The van der Waals surface area contributed by atoms with E-state index in [1.807, 2.05) is 39.0 Å². The van der Waals surface area contributed by atoms with E-state index in [1.165, 1.54) is 0 Å². The van der Waals surface area contributed by atoms with Crippen LogP contribution in [0.2, 0.25) is 0 Å². The van der Waals surface area contributed by atoms with Crippen LogP contribution in [0.1, 0.15) is 19.4 Å². The Labute approximate surface area is 113 Å². The van der Waals surface area contributed by atoms with E-state index in [1.54, 1.807) is 0 Å². The highest BCUT2D eigenvalue weighted by Crippen LogP contribution is 2.23. The lowest BCUT2D eigenvalue weighted by atomic mass is 10.1. The molecule has 0 saturated heterocycles. The second kappa shape index (κ2) is 7.11. The number of benzene rings is 1. The number of nitrogens with one attached hydrogen (secondary N) is 2. The van der Waals surface area contributed by atoms with Crippen molar-refractivity contribution in [3.05, 3.63) is 23.8 Å². The minimum atomic E-state index is -0.825. The molecule has 4 N–H and O–H groups in total. The maximum atomic E-state index is 11.7. The van der Waals surface area contributed by atoms with Gasteiger partial charge in [0.25, 0.3) is 0 Å². The Morgan fingerprint density at radius 3 is 2.58 bits per heavy atom. The molecule has 0 bridgehead atoms. The SMILES string of the molecule is Cc1ccc(NC(=O)C(C)C)c(NCC(O)CO)c1. The van der Waals surface area contributed by atoms with Gasteiger partial charge in [0.1, 0.15) is 0 Å². The molecule has 0 fully saturated rings. The van der Waals surface area contributed by atoms with Crippen LogP contribution in [0.25, 0.3) is 0 Å². The predicted molar refractivity (Wildman–Crippen MR) is 76.2 cm³/mol. The first-order chi connectivity index (χ1) is 8.93. The molecule has 1 rings (SSSR count). The summed E-state index contributed by atoms with van der Waals surface area (Å²) in [5.74, 6) is -0.160. The molecular weight excluding hydrogens is 244 g/mol. The maximum absolute atomic E-state index is 11.7. The van der Waals surface area contributed by atoms with Gasteiger partial charge in [0, 0.05) is 12.5 Å². The van der Waals surface area contributed by atoms with Crippen LogP contribution in [0.15, 0.2) is 18.2 Å². The number of aryl methyl sites for hydroxylation is 1. The first-order valence-electron chi connectivity index (χ1n) is 6.38. The van der Waals surface area contributed by atoms with E-state index in [0.717, 1.165) is 11.3 Å². The smallest absolute Gasteiger partial charge is 0.226 e. The molecule has 5 nitrogen and oxygen atoms in total. The summed E-state index contributed by atoms with van der Waals surface area (Å²) in [6, 6.07) is 5.62. The normalized spacial score (nSPS) is 12.3. The van der Waals surface area contributed by atoms with Gasteiger partial charge in [-0.25, -0.2) is 0 Å². The first kappa shape index (κ1) is 15.5. The van der Waals surface area contributed by atoms with Gasteiger partial charge in [-0.2, -0.15) is 0 Å². The van der Waals surface area contributed by atoms with Gasteiger partial charge in [0.2, 0.25) is 5.91 Å². The van der Waals surface area contributed by atoms with Gasteiger partial charge in [0.15, 0.2) is 0 Å². The van der Waals surface area contributed by atoms with Gasteiger partial charge in [-0.15, -0.1) is 0 Å². The Bertz CT molecular complexity index is 433. The number of carbonyl (C=O) groups is 1. The minimum absolute atomic E-state index is 0.0605. The van der Waals surface area contributed by atoms with Gasteiger partial charge >= 0.3 is 0 Å². The van der Waals surface area contributed by atoms with Crippen LogP contribution in [0, 0.1) is 12.8 Å². The van der Waals surface area contributed by atoms with Gasteiger partial charge in [-0.1, -0.05) is 19.9 Å². The molecule has 1 aromatic rings. The first-order valence-corrected chi connectivity index (χ1v) is 6.38. The molecule has 0 aliphatic rings. The van der Waals surface area contributed by atoms with Crippen molar-refractivity contribution < 1.29 is 15.0 Å². The monoisotopic (exact) mass is 266 g/mol. The van der Waals surface area contributed by atoms with Crippen molar-refractivity contribution in [3.8, 4) is 0 Å². The highest BCUT2D eigenvalue weighted by atomic mass is 16.3. The van der Waals surface area contributed by atoms with Crippen LogP contribution in [0.5, 0.6) is 0 Å². The molecule has 0 aliphatic carbocycles. The van der Waals surface area contributed by atoms with E-state index >= 15 is 0 Å². The summed E-state index contributed by atoms with van der Waals surface area (Å²) in [5, 5.41) is 24.0. The molecule has 1 unspecified atom stereocenters. The van der Waals surface area contributed by atoms with E-state index in [-0.39, 0.29) is 25.0 Å². The molecule has 1 amide bonds. The highest BCUT2D eigenvalue weighted by Gasteiger charge is 2.11. The van der Waals surface area contributed by atoms with Gasteiger partial charge < -0.3 is 20.8 Å². The van der Waals surface area contributed by atoms with Gasteiger partial charge in [0.05, 0.1) is 24.1 Å². The van der Waals surface area contributed by atoms with E-state index in [0.29, 0.717) is 5.69 Å². The van der Waals surface area contributed by atoms with Crippen molar-refractivity contribution in [2.45, 2.75) is 26.9 Å². The molecule has 1 aromatic carbocycles. The summed E-state index contributed by atoms with van der Waals surface area (Å²) < 4.78 is 0. The van der Waals surface area contributed by atoms with Crippen LogP contribution in [-0.2, 0) is 4.79 Å². The average Bonchev–Trinajstić information content (AvgIpc) is 2.38. The van der Waals surface area contributed by atoms with Crippen LogP contribution >= 0.6 is 0 Å². The quantitative estimate of drug-likeness (QED) is 0.626. The fourth-order valence-corrected chi connectivity index (χ4v) is 1.48. The summed E-state index contributed by atoms with van der Waals surface area (Å²) in [7, 11) is 0. The molecule has 0 spiro atoms. The van der Waals surface area contributed by atoms with Crippen LogP contribution in [0.3, 0.4) is 0 Å². The lowest BCUT2D eigenvalue weighted by molar-refractivity contribution is -0.118. The molecule has 0 aromatic heterocycles. The zero-order valence-corrected chi connectivity index (χ0v) is 11.6. The lowest BCUT2D eigenvalue weighted by Crippen LogP contribution is -2.24. The molecule has 0 saturated carbocycles. The van der Waals surface area contributed by atoms with E-state index in [4.69, 9.17) is 5.11 Å². The molecule has 5 heteroatoms. The number of hydrogen-bond donors (Lipinski definition) is 4. The zero-order valence-electron chi connectivity index (χ0n) is 11.6. The van der Waals surface area contributed by atoms with Crippen LogP contribution in [-0.4, -0.2) is 35.4 Å². The maximum Gasteiger partial charge on any atom is 0.226 e. The van der Waals surface area contributed by atoms with Crippen molar-refractivity contribution in [2.24, 2.45) is 5.92 Å². The van der Waals surface area contributed by atoms with E-state index in [9.17, 15) is 9.90 Å². The standard InChI is InChI=1S/C14H22N2O3/c1-9(2)14(19)16-12-5-4-10(3)6-13(12)15-7-11(18)8-17/h4-6,9,11,15,17-18H,7-8H2,1-3H3,(H,16,19). The summed E-state index contributed by atoms with van der Waals surface area (Å²) in [5.41, 5.74) is 2.46. The number of anilines is 2. The molecular formula is C14H22N2O3. The second-order valence-corrected chi connectivity index (χ2v) is 4.91. The lowest BCUT2D eigenvalue weighted by Gasteiger charge is -2.16. The number of carbonyl (C=O) groups excluding carboxylic acids is 1. The number of rotatable bonds is 6. The topological polar surface area (TPSA) is 81.6 Å². The summed E-state index contributed by atoms with van der Waals surface area (Å²) >= 11 is 0. The third kappa shape index (κ3) is 4.89. The van der Waals surface area contributed by atoms with Crippen molar-refractivity contribution in [1.29, 1.82) is 0 Å². The van der Waals surface area contributed by atoms with Crippen molar-refractivity contribution >= 4 is 17.3 Å². The van der Waals surface area contributed by atoms with Gasteiger partial charge in [-0.3, -0.25) is 4.79 Å². The van der Waals surface area contributed by atoms with E-state index in [2.05, 4.69) is 10.6 Å². The number of aliphatic hydroxyl groups excluding tert-OH is 2. The van der Waals surface area contributed by atoms with Crippen molar-refractivity contribution in [3.63, 3.8) is 0 Å². The van der Waals surface area contributed by atoms with Crippen molar-refractivity contribution in [1.82, 2.24) is 0 Å². The number of hydrogen-bond acceptors (Lipinski definition) is 4. The molecule has 0 radical (unpaired) electrons. The Hall–Kier alpha value is -1.59. The Morgan fingerprint density at radius 1 is 1.32 bits per heavy atom. The van der Waals surface area contributed by atoms with Crippen molar-refractivity contribution in [2.75, 3.05) is 23.8 Å². The predicted octanol–water partition coefficient (Wildman–Crippen LogP) is 1.35. The largest absolute Gasteiger partial charge is 0.394 e. The minimum Gasteiger partial charge on any atom is -0.394 e. The second-order valence-electron chi connectivity index (χ2n) is 4.91. The third-order valence-corrected chi connectivity index (χ3v) is 2.70. The zero-order chi connectivity index (χ0) is 14.4. The summed E-state index contributed by atoms with van der Waals surface area (Å²) in [6.45, 7) is 5.52. The van der Waals surface area contributed by atoms with Crippen LogP contribution in [0.4, 0.5) is 11.4 Å². The molecule has 1 atom stereocenters. The average molecular weight is 266 g/mol. The number of amides is 1. The fourth-order valence-electron chi connectivity index (χ4n) is 1.48. The third-order valence-electron chi connectivity index (χ3n) is 2.70. The molecule has 106 valence electrons. The highest BCUT2D eigenvalue weighted by molar-refractivity contribution is 5.95. The van der Waals surface area contributed by atoms with Gasteiger partial charge in [-0.05, 0) is 24.6 Å². The fraction of sp³-hybridized carbons (Fsp3) is 0.500. The summed E-state index contributed by atoms with van der Waals surface area (Å²) in [4.78, 5) is 11.7.